The lowest BCUT2D eigenvalue weighted by atomic mass is 10.1. The highest BCUT2D eigenvalue weighted by Gasteiger charge is 2.35. The molecule has 9 heteroatoms. The summed E-state index contributed by atoms with van der Waals surface area (Å²) in [6.45, 7) is -0.0986. The highest BCUT2D eigenvalue weighted by molar-refractivity contribution is 7.86. The molecule has 1 saturated heterocycles. The van der Waals surface area contributed by atoms with E-state index in [0.29, 0.717) is 0 Å². The van der Waals surface area contributed by atoms with Crippen molar-refractivity contribution in [3.05, 3.63) is 23.8 Å². The van der Waals surface area contributed by atoms with Crippen LogP contribution < -0.4 is 4.90 Å². The summed E-state index contributed by atoms with van der Waals surface area (Å²) in [6.07, 6.45) is -0.181. The van der Waals surface area contributed by atoms with Gasteiger partial charge in [0.05, 0.1) is 11.4 Å². The van der Waals surface area contributed by atoms with Gasteiger partial charge in [0.2, 0.25) is 5.91 Å². The number of amides is 1. The number of carbonyl (C=O) groups excluding carboxylic acids is 1. The zero-order valence-corrected chi connectivity index (χ0v) is 11.5. The van der Waals surface area contributed by atoms with Crippen LogP contribution >= 0.6 is 0 Å². The Bertz CT molecular complexity index is 702. The first kappa shape index (κ1) is 15.2. The molecular formula is C12H12FNO6S. The Morgan fingerprint density at radius 1 is 1.43 bits per heavy atom. The lowest BCUT2D eigenvalue weighted by Gasteiger charge is -2.18. The SMILES string of the molecule is O=C(O)c1cccc(N2CC(CS(=O)(=O)F)CC2=O)c1O. The standard InChI is InChI=1S/C12H12FNO6S/c13-21(19,20)6-7-4-10(15)14(5-7)9-3-1-2-8(11(9)16)12(17)18/h1-3,7,16H,4-6H2,(H,17,18). The fourth-order valence-electron chi connectivity index (χ4n) is 2.33. The third kappa shape index (κ3) is 3.30. The van der Waals surface area contributed by atoms with E-state index < -0.39 is 39.5 Å². The van der Waals surface area contributed by atoms with Gasteiger partial charge in [-0.15, -0.1) is 3.89 Å². The topological polar surface area (TPSA) is 112 Å². The molecule has 1 atom stereocenters. The lowest BCUT2D eigenvalue weighted by Crippen LogP contribution is -2.25. The number of hydrogen-bond acceptors (Lipinski definition) is 5. The third-order valence-corrected chi connectivity index (χ3v) is 4.05. The number of carbonyl (C=O) groups is 2. The van der Waals surface area contributed by atoms with Crippen molar-refractivity contribution in [3.8, 4) is 5.75 Å². The second kappa shape index (κ2) is 5.32. The first-order valence-corrected chi connectivity index (χ1v) is 7.52. The van der Waals surface area contributed by atoms with Gasteiger partial charge >= 0.3 is 16.2 Å². The number of carboxylic acid groups (broad SMARTS) is 1. The number of aromatic carboxylic acids is 1. The molecule has 114 valence electrons. The van der Waals surface area contributed by atoms with Crippen molar-refractivity contribution < 1.29 is 32.1 Å². The molecule has 1 unspecified atom stereocenters. The van der Waals surface area contributed by atoms with E-state index in [-0.39, 0.29) is 24.2 Å². The molecule has 1 fully saturated rings. The maximum absolute atomic E-state index is 12.7. The number of nitrogens with zero attached hydrogens (tertiary/aromatic N) is 1. The van der Waals surface area contributed by atoms with Crippen LogP contribution in [0.15, 0.2) is 18.2 Å². The summed E-state index contributed by atoms with van der Waals surface area (Å²) in [6, 6.07) is 3.86. The van der Waals surface area contributed by atoms with Crippen LogP contribution in [0.1, 0.15) is 16.8 Å². The second-order valence-electron chi connectivity index (χ2n) is 4.76. The summed E-state index contributed by atoms with van der Waals surface area (Å²) in [5.41, 5.74) is -0.402. The van der Waals surface area contributed by atoms with Gasteiger partial charge in [0.15, 0.2) is 5.75 Å². The smallest absolute Gasteiger partial charge is 0.339 e. The summed E-state index contributed by atoms with van der Waals surface area (Å²) in [4.78, 5) is 23.9. The highest BCUT2D eigenvalue weighted by Crippen LogP contribution is 2.35. The molecule has 7 nitrogen and oxygen atoms in total. The summed E-state index contributed by atoms with van der Waals surface area (Å²) in [5, 5.41) is 18.8. The molecule has 1 aliphatic rings. The van der Waals surface area contributed by atoms with E-state index in [2.05, 4.69) is 0 Å². The van der Waals surface area contributed by atoms with Crippen molar-refractivity contribution in [1.29, 1.82) is 0 Å². The Labute approximate surface area is 119 Å². The molecule has 21 heavy (non-hydrogen) atoms. The Kier molecular flexibility index (Phi) is 3.86. The van der Waals surface area contributed by atoms with Crippen LogP contribution in [0, 0.1) is 5.92 Å². The van der Waals surface area contributed by atoms with Crippen molar-refractivity contribution in [2.45, 2.75) is 6.42 Å². The summed E-state index contributed by atoms with van der Waals surface area (Å²) in [5.74, 6) is -3.96. The molecule has 2 N–H and O–H groups in total. The second-order valence-corrected chi connectivity index (χ2v) is 6.17. The van der Waals surface area contributed by atoms with Crippen LogP contribution in [0.25, 0.3) is 0 Å². The van der Waals surface area contributed by atoms with Crippen molar-refractivity contribution in [2.24, 2.45) is 5.92 Å². The van der Waals surface area contributed by atoms with E-state index in [1.807, 2.05) is 0 Å². The molecule has 0 aromatic heterocycles. The van der Waals surface area contributed by atoms with Gasteiger partial charge in [-0.05, 0) is 12.1 Å². The first-order valence-electron chi connectivity index (χ1n) is 5.97. The van der Waals surface area contributed by atoms with Crippen molar-refractivity contribution in [1.82, 2.24) is 0 Å². The van der Waals surface area contributed by atoms with E-state index >= 15 is 0 Å². The van der Waals surface area contributed by atoms with Gasteiger partial charge in [-0.2, -0.15) is 8.42 Å². The van der Waals surface area contributed by atoms with E-state index in [0.717, 1.165) is 4.90 Å². The number of aromatic hydroxyl groups is 1. The van der Waals surface area contributed by atoms with Gasteiger partial charge in [-0.25, -0.2) is 4.79 Å². The quantitative estimate of drug-likeness (QED) is 0.792. The molecule has 0 aliphatic carbocycles. The average molecular weight is 317 g/mol. The molecular weight excluding hydrogens is 305 g/mol. The van der Waals surface area contributed by atoms with Crippen LogP contribution in [0.4, 0.5) is 9.57 Å². The number of benzene rings is 1. The zero-order valence-electron chi connectivity index (χ0n) is 10.7. The van der Waals surface area contributed by atoms with Crippen molar-refractivity contribution >= 4 is 27.8 Å². The maximum Gasteiger partial charge on any atom is 0.339 e. The van der Waals surface area contributed by atoms with Gasteiger partial charge in [0.25, 0.3) is 0 Å². The van der Waals surface area contributed by atoms with Crippen LogP contribution in [0.2, 0.25) is 0 Å². The molecule has 0 radical (unpaired) electrons. The number of phenols is 1. The first-order chi connectivity index (χ1) is 9.69. The molecule has 1 heterocycles. The Morgan fingerprint density at radius 3 is 2.67 bits per heavy atom. The third-order valence-electron chi connectivity index (χ3n) is 3.18. The van der Waals surface area contributed by atoms with E-state index in [4.69, 9.17) is 5.11 Å². The minimum atomic E-state index is -4.70. The van der Waals surface area contributed by atoms with Gasteiger partial charge in [-0.3, -0.25) is 4.79 Å². The predicted molar refractivity (Wildman–Crippen MR) is 70.4 cm³/mol. The largest absolute Gasteiger partial charge is 0.505 e. The van der Waals surface area contributed by atoms with Crippen molar-refractivity contribution in [2.75, 3.05) is 17.2 Å². The summed E-state index contributed by atoms with van der Waals surface area (Å²) < 4.78 is 33.9. The van der Waals surface area contributed by atoms with E-state index in [1.165, 1.54) is 18.2 Å². The minimum absolute atomic E-state index is 0.0290. The number of halogens is 1. The Morgan fingerprint density at radius 2 is 2.10 bits per heavy atom. The van der Waals surface area contributed by atoms with Gasteiger partial charge in [-0.1, -0.05) is 6.07 Å². The monoisotopic (exact) mass is 317 g/mol. The molecule has 1 amide bonds. The molecule has 1 aromatic rings. The number of anilines is 1. The normalized spacial score (nSPS) is 19.0. The minimum Gasteiger partial charge on any atom is -0.505 e. The Balaban J connectivity index is 2.29. The van der Waals surface area contributed by atoms with Crippen molar-refractivity contribution in [3.63, 3.8) is 0 Å². The van der Waals surface area contributed by atoms with Crippen LogP contribution in [-0.4, -0.2) is 42.8 Å². The van der Waals surface area contributed by atoms with Gasteiger partial charge in [0.1, 0.15) is 5.56 Å². The molecule has 0 bridgehead atoms. The molecule has 0 spiro atoms. The van der Waals surface area contributed by atoms with E-state index in [9.17, 15) is 27.0 Å². The summed E-state index contributed by atoms with van der Waals surface area (Å²) in [7, 11) is -4.70. The fourth-order valence-corrected chi connectivity index (χ4v) is 3.12. The molecule has 0 saturated carbocycles. The highest BCUT2D eigenvalue weighted by atomic mass is 32.3. The van der Waals surface area contributed by atoms with E-state index in [1.54, 1.807) is 0 Å². The number of carboxylic acids is 1. The maximum atomic E-state index is 12.7. The Hall–Kier alpha value is -2.16. The molecule has 2 rings (SSSR count). The lowest BCUT2D eigenvalue weighted by molar-refractivity contribution is -0.117. The van der Waals surface area contributed by atoms with Crippen LogP contribution in [0.3, 0.4) is 0 Å². The zero-order chi connectivity index (χ0) is 15.8. The number of rotatable bonds is 4. The predicted octanol–water partition coefficient (Wildman–Crippen LogP) is 0.743. The molecule has 1 aliphatic heterocycles. The van der Waals surface area contributed by atoms with Crippen LogP contribution in [0.5, 0.6) is 5.75 Å². The average Bonchev–Trinajstić information content (AvgIpc) is 2.67. The number of hydrogen-bond donors (Lipinski definition) is 2. The fraction of sp³-hybridized carbons (Fsp3) is 0.333. The summed E-state index contributed by atoms with van der Waals surface area (Å²) >= 11 is 0. The molecule has 1 aromatic carbocycles. The van der Waals surface area contributed by atoms with Gasteiger partial charge < -0.3 is 15.1 Å². The van der Waals surface area contributed by atoms with Crippen LogP contribution in [-0.2, 0) is 15.0 Å². The number of para-hydroxylation sites is 1. The van der Waals surface area contributed by atoms with Gasteiger partial charge in [0, 0.05) is 18.9 Å².